The van der Waals surface area contributed by atoms with Gasteiger partial charge in [0.1, 0.15) is 0 Å². The predicted octanol–water partition coefficient (Wildman–Crippen LogP) is 2.55. The maximum absolute atomic E-state index is 5.76. The van der Waals surface area contributed by atoms with Gasteiger partial charge in [0.05, 0.1) is 0 Å². The SMILES string of the molecule is Cc1cc[c]([Ru-]([Cl])[Cl])cc1. The van der Waals surface area contributed by atoms with Crippen molar-refractivity contribution in [3.63, 3.8) is 0 Å². The van der Waals surface area contributed by atoms with Crippen molar-refractivity contribution in [2.75, 3.05) is 0 Å². The number of rotatable bonds is 1. The molecule has 0 unspecified atom stereocenters. The summed E-state index contributed by atoms with van der Waals surface area (Å²) in [4.78, 5) is 0. The van der Waals surface area contributed by atoms with Crippen LogP contribution in [0.4, 0.5) is 0 Å². The van der Waals surface area contributed by atoms with Crippen molar-refractivity contribution in [1.82, 2.24) is 0 Å². The molecule has 3 heteroatoms. The quantitative estimate of drug-likeness (QED) is 0.683. The summed E-state index contributed by atoms with van der Waals surface area (Å²) in [6, 6.07) is 8.05. The fraction of sp³-hybridized carbons (Fsp3) is 0.143. The Balaban J connectivity index is 2.89. The number of benzene rings is 1. The van der Waals surface area contributed by atoms with Gasteiger partial charge in [-0.15, -0.1) is 0 Å². The molecule has 0 aliphatic carbocycles. The van der Waals surface area contributed by atoms with Crippen LogP contribution in [0, 0.1) is 6.92 Å². The van der Waals surface area contributed by atoms with Crippen molar-refractivity contribution >= 4 is 23.5 Å². The Morgan fingerprint density at radius 1 is 1.10 bits per heavy atom. The average molecular weight is 263 g/mol. The van der Waals surface area contributed by atoms with E-state index in [0.717, 1.165) is 4.16 Å². The molecule has 58 valence electrons. The third kappa shape index (κ3) is 2.23. The topological polar surface area (TPSA) is 0 Å². The van der Waals surface area contributed by atoms with E-state index < -0.39 is 14.0 Å². The molecule has 0 aliphatic heterocycles. The summed E-state index contributed by atoms with van der Waals surface area (Å²) in [5.41, 5.74) is 1.24. The normalized spacial score (nSPS) is 11.3. The molecule has 0 aliphatic rings. The monoisotopic (exact) mass is 263 g/mol. The van der Waals surface area contributed by atoms with E-state index in [-0.39, 0.29) is 0 Å². The zero-order valence-corrected chi connectivity index (χ0v) is 8.67. The third-order valence-corrected chi connectivity index (χ3v) is 4.32. The van der Waals surface area contributed by atoms with Crippen LogP contribution in [0.1, 0.15) is 5.56 Å². The van der Waals surface area contributed by atoms with E-state index in [9.17, 15) is 0 Å². The van der Waals surface area contributed by atoms with Gasteiger partial charge in [0, 0.05) is 0 Å². The molecule has 1 rings (SSSR count). The zero-order valence-electron chi connectivity index (χ0n) is 5.42. The first kappa shape index (κ1) is 8.52. The average Bonchev–Trinajstić information content (AvgIpc) is 1.88. The molecule has 0 atom stereocenters. The van der Waals surface area contributed by atoms with Crippen LogP contribution in [0.15, 0.2) is 24.3 Å². The Labute approximate surface area is 74.1 Å². The first-order chi connectivity index (χ1) is 4.70. The van der Waals surface area contributed by atoms with E-state index in [2.05, 4.69) is 0 Å². The first-order valence-electron chi connectivity index (χ1n) is 2.77. The molecule has 0 amide bonds. The molecule has 0 saturated carbocycles. The fourth-order valence-electron chi connectivity index (χ4n) is 0.618. The molecule has 1 aromatic rings. The Morgan fingerprint density at radius 3 is 2.00 bits per heavy atom. The van der Waals surface area contributed by atoms with E-state index in [1.165, 1.54) is 5.56 Å². The van der Waals surface area contributed by atoms with E-state index in [4.69, 9.17) is 19.4 Å². The molecule has 1 aromatic carbocycles. The van der Waals surface area contributed by atoms with Crippen molar-refractivity contribution in [2.45, 2.75) is 6.92 Å². The van der Waals surface area contributed by atoms with Crippen molar-refractivity contribution in [1.29, 1.82) is 0 Å². The van der Waals surface area contributed by atoms with Crippen LogP contribution in [0.5, 0.6) is 0 Å². The van der Waals surface area contributed by atoms with Gasteiger partial charge in [-0.05, 0) is 0 Å². The molecule has 0 nitrogen and oxygen atoms in total. The van der Waals surface area contributed by atoms with Crippen LogP contribution in [-0.2, 0) is 14.0 Å². The van der Waals surface area contributed by atoms with Gasteiger partial charge < -0.3 is 0 Å². The van der Waals surface area contributed by atoms with Crippen LogP contribution >= 0.6 is 19.4 Å². The molecule has 0 spiro atoms. The van der Waals surface area contributed by atoms with Gasteiger partial charge in [0.2, 0.25) is 0 Å². The summed E-state index contributed by atoms with van der Waals surface area (Å²) in [5.74, 6) is 0. The predicted molar refractivity (Wildman–Crippen MR) is 42.5 cm³/mol. The molecular weight excluding hydrogens is 256 g/mol. The van der Waals surface area contributed by atoms with E-state index in [1.807, 2.05) is 31.2 Å². The van der Waals surface area contributed by atoms with Gasteiger partial charge in [-0.2, -0.15) is 0 Å². The maximum atomic E-state index is 5.76. The van der Waals surface area contributed by atoms with E-state index >= 15 is 0 Å². The van der Waals surface area contributed by atoms with Crippen LogP contribution in [0.3, 0.4) is 0 Å². The summed E-state index contributed by atoms with van der Waals surface area (Å²) in [7, 11) is 11.5. The molecule has 0 aromatic heterocycles. The van der Waals surface area contributed by atoms with Gasteiger partial charge in [0.15, 0.2) is 0 Å². The summed E-state index contributed by atoms with van der Waals surface area (Å²) in [5, 5.41) is 0. The van der Waals surface area contributed by atoms with E-state index in [1.54, 1.807) is 0 Å². The van der Waals surface area contributed by atoms with Crippen molar-refractivity contribution in [2.24, 2.45) is 0 Å². The second kappa shape index (κ2) is 3.71. The fourth-order valence-corrected chi connectivity index (χ4v) is 2.40. The van der Waals surface area contributed by atoms with Crippen LogP contribution in [0.25, 0.3) is 0 Å². The summed E-state index contributed by atoms with van der Waals surface area (Å²) in [6.07, 6.45) is 0. The van der Waals surface area contributed by atoms with Gasteiger partial charge in [-0.1, -0.05) is 0 Å². The summed E-state index contributed by atoms with van der Waals surface area (Å²) >= 11 is -1.64. The molecule has 0 saturated heterocycles. The van der Waals surface area contributed by atoms with Gasteiger partial charge in [-0.3, -0.25) is 0 Å². The Morgan fingerprint density at radius 2 is 1.60 bits per heavy atom. The molecule has 0 N–H and O–H groups in total. The molecule has 0 fully saturated rings. The Kier molecular flexibility index (Phi) is 3.16. The summed E-state index contributed by atoms with van der Waals surface area (Å²) in [6.45, 7) is 2.04. The standard InChI is InChI=1S/C7H7.2ClH.Ru/c1-7-5-3-2-4-6-7;;;/h3-6H,1H3;2*1H;/q;;;+1/p-2. The molecule has 0 heterocycles. The molecule has 0 radical (unpaired) electrons. The zero-order chi connectivity index (χ0) is 7.56. The minimum absolute atomic E-state index is 1.10. The molecule has 10 heavy (non-hydrogen) atoms. The van der Waals surface area contributed by atoms with Crippen molar-refractivity contribution < 1.29 is 14.0 Å². The molecular formula is C7H7Cl2Ru-. The minimum atomic E-state index is -1.64. The third-order valence-electron chi connectivity index (χ3n) is 1.16. The number of aryl methyl sites for hydroxylation is 1. The second-order valence-corrected chi connectivity index (χ2v) is 7.85. The Bertz CT molecular complexity index is 205. The number of hydrogen-bond donors (Lipinski definition) is 0. The number of hydrogen-bond acceptors (Lipinski definition) is 0. The first-order valence-corrected chi connectivity index (χ1v) is 8.11. The van der Waals surface area contributed by atoms with E-state index in [0.29, 0.717) is 0 Å². The van der Waals surface area contributed by atoms with Gasteiger partial charge >= 0.3 is 74.3 Å². The van der Waals surface area contributed by atoms with Crippen LogP contribution in [0.2, 0.25) is 0 Å². The van der Waals surface area contributed by atoms with Crippen molar-refractivity contribution in [3.8, 4) is 0 Å². The summed E-state index contributed by atoms with van der Waals surface area (Å²) < 4.78 is 1.10. The van der Waals surface area contributed by atoms with Gasteiger partial charge in [0.25, 0.3) is 0 Å². The molecule has 0 bridgehead atoms. The van der Waals surface area contributed by atoms with Crippen molar-refractivity contribution in [3.05, 3.63) is 29.8 Å². The van der Waals surface area contributed by atoms with Crippen LogP contribution < -0.4 is 4.16 Å². The Hall–Kier alpha value is 0.423. The van der Waals surface area contributed by atoms with Crippen LogP contribution in [-0.4, -0.2) is 0 Å². The number of halogens is 2. The van der Waals surface area contributed by atoms with Gasteiger partial charge in [-0.25, -0.2) is 0 Å². The second-order valence-electron chi connectivity index (χ2n) is 1.97.